The highest BCUT2D eigenvalue weighted by atomic mass is 35.6. The second kappa shape index (κ2) is 7.89. The number of hydrogen-bond donors (Lipinski definition) is 2. The third-order valence-electron chi connectivity index (χ3n) is 2.80. The van der Waals surface area contributed by atoms with E-state index in [0.717, 1.165) is 19.4 Å². The standard InChI is InChI=1S/C12H21Cl3N2O2/c1-8(2)6-10(18)17-11(12(13,14)15)16-7-9-4-3-5-19-9/h8-9,11,16H,3-7H2,1-2H3,(H,17,18)/t9-,11+/m0/s1. The number of hydrogen-bond acceptors (Lipinski definition) is 3. The van der Waals surface area contributed by atoms with Crippen molar-refractivity contribution in [1.82, 2.24) is 10.6 Å². The number of halogens is 3. The summed E-state index contributed by atoms with van der Waals surface area (Å²) in [5.74, 6) is 0.125. The molecule has 0 aromatic rings. The molecule has 0 aromatic carbocycles. The minimum absolute atomic E-state index is 0.122. The molecule has 0 unspecified atom stereocenters. The van der Waals surface area contributed by atoms with Gasteiger partial charge in [0.1, 0.15) is 6.17 Å². The van der Waals surface area contributed by atoms with Gasteiger partial charge >= 0.3 is 0 Å². The SMILES string of the molecule is CC(C)CC(=O)N[C@@H](NC[C@@H]1CCCO1)C(Cl)(Cl)Cl. The molecule has 1 aliphatic heterocycles. The summed E-state index contributed by atoms with van der Waals surface area (Å²) < 4.78 is 3.89. The molecule has 1 amide bonds. The number of carbonyl (C=O) groups excluding carboxylic acids is 1. The topological polar surface area (TPSA) is 50.4 Å². The molecule has 0 radical (unpaired) electrons. The molecule has 0 aromatic heterocycles. The summed E-state index contributed by atoms with van der Waals surface area (Å²) in [6, 6.07) is 0. The third-order valence-corrected chi connectivity index (χ3v) is 3.45. The van der Waals surface area contributed by atoms with Crippen LogP contribution in [0.1, 0.15) is 33.1 Å². The van der Waals surface area contributed by atoms with Gasteiger partial charge in [0.25, 0.3) is 0 Å². The van der Waals surface area contributed by atoms with E-state index in [1.165, 1.54) is 0 Å². The van der Waals surface area contributed by atoms with Gasteiger partial charge in [-0.3, -0.25) is 10.1 Å². The average Bonchev–Trinajstić information content (AvgIpc) is 2.74. The van der Waals surface area contributed by atoms with E-state index in [-0.39, 0.29) is 17.9 Å². The van der Waals surface area contributed by atoms with Gasteiger partial charge in [-0.25, -0.2) is 0 Å². The van der Waals surface area contributed by atoms with Gasteiger partial charge in [0.05, 0.1) is 6.10 Å². The molecule has 1 fully saturated rings. The van der Waals surface area contributed by atoms with Crippen molar-refractivity contribution in [3.8, 4) is 0 Å². The Kier molecular flexibility index (Phi) is 7.19. The van der Waals surface area contributed by atoms with Crippen molar-refractivity contribution in [3.63, 3.8) is 0 Å². The van der Waals surface area contributed by atoms with Crippen molar-refractivity contribution >= 4 is 40.7 Å². The van der Waals surface area contributed by atoms with Gasteiger partial charge in [-0.05, 0) is 18.8 Å². The second-order valence-electron chi connectivity index (χ2n) is 5.18. The molecule has 2 atom stereocenters. The largest absolute Gasteiger partial charge is 0.377 e. The minimum atomic E-state index is -1.59. The molecule has 0 bridgehead atoms. The predicted octanol–water partition coefficient (Wildman–Crippen LogP) is 2.61. The Bertz CT molecular complexity index is 289. The fraction of sp³-hybridized carbons (Fsp3) is 0.917. The number of carbonyl (C=O) groups is 1. The van der Waals surface area contributed by atoms with Gasteiger partial charge < -0.3 is 10.1 Å². The van der Waals surface area contributed by atoms with Crippen LogP contribution in [0.15, 0.2) is 0 Å². The van der Waals surface area contributed by atoms with E-state index in [1.807, 2.05) is 13.8 Å². The molecular weight excluding hydrogens is 311 g/mol. The molecule has 2 N–H and O–H groups in total. The van der Waals surface area contributed by atoms with E-state index in [9.17, 15) is 4.79 Å². The highest BCUT2D eigenvalue weighted by Crippen LogP contribution is 2.29. The van der Waals surface area contributed by atoms with Crippen molar-refractivity contribution in [1.29, 1.82) is 0 Å². The molecule has 0 saturated carbocycles. The molecule has 1 aliphatic rings. The molecule has 1 saturated heterocycles. The van der Waals surface area contributed by atoms with Crippen LogP contribution in [0.5, 0.6) is 0 Å². The third kappa shape index (κ3) is 7.00. The monoisotopic (exact) mass is 330 g/mol. The summed E-state index contributed by atoms with van der Waals surface area (Å²) in [7, 11) is 0. The van der Waals surface area contributed by atoms with Crippen molar-refractivity contribution in [2.24, 2.45) is 5.92 Å². The first kappa shape index (κ1) is 17.3. The molecule has 1 heterocycles. The fourth-order valence-corrected chi connectivity index (χ4v) is 2.29. The van der Waals surface area contributed by atoms with Crippen molar-refractivity contribution < 1.29 is 9.53 Å². The van der Waals surface area contributed by atoms with Crippen LogP contribution in [-0.4, -0.2) is 35.1 Å². The predicted molar refractivity (Wildman–Crippen MR) is 78.7 cm³/mol. The van der Waals surface area contributed by atoms with Crippen molar-refractivity contribution in [2.45, 2.75) is 49.2 Å². The number of ether oxygens (including phenoxy) is 1. The van der Waals surface area contributed by atoms with Crippen molar-refractivity contribution in [2.75, 3.05) is 13.2 Å². The van der Waals surface area contributed by atoms with Crippen LogP contribution in [0.3, 0.4) is 0 Å². The van der Waals surface area contributed by atoms with Gasteiger partial charge in [0.2, 0.25) is 9.70 Å². The Morgan fingerprint density at radius 1 is 1.42 bits per heavy atom. The van der Waals surface area contributed by atoms with E-state index in [0.29, 0.717) is 13.0 Å². The Labute approximate surface area is 129 Å². The molecule has 19 heavy (non-hydrogen) atoms. The van der Waals surface area contributed by atoms with Gasteiger partial charge in [-0.15, -0.1) is 0 Å². The molecule has 4 nitrogen and oxygen atoms in total. The maximum Gasteiger partial charge on any atom is 0.223 e. The van der Waals surface area contributed by atoms with E-state index in [1.54, 1.807) is 0 Å². The van der Waals surface area contributed by atoms with E-state index >= 15 is 0 Å². The van der Waals surface area contributed by atoms with Gasteiger partial charge in [-0.1, -0.05) is 48.7 Å². The summed E-state index contributed by atoms with van der Waals surface area (Å²) in [5.41, 5.74) is 0. The summed E-state index contributed by atoms with van der Waals surface area (Å²) in [4.78, 5) is 11.7. The highest BCUT2D eigenvalue weighted by molar-refractivity contribution is 6.68. The summed E-state index contributed by atoms with van der Waals surface area (Å²) in [6.45, 7) is 5.25. The molecule has 0 spiro atoms. The van der Waals surface area contributed by atoms with E-state index in [4.69, 9.17) is 39.5 Å². The molecule has 7 heteroatoms. The minimum Gasteiger partial charge on any atom is -0.377 e. The van der Waals surface area contributed by atoms with Crippen LogP contribution < -0.4 is 10.6 Å². The zero-order valence-electron chi connectivity index (χ0n) is 11.2. The lowest BCUT2D eigenvalue weighted by atomic mass is 10.1. The van der Waals surface area contributed by atoms with Gasteiger partial charge in [0.15, 0.2) is 0 Å². The normalized spacial score (nSPS) is 21.7. The molecule has 112 valence electrons. The van der Waals surface area contributed by atoms with Gasteiger partial charge in [0, 0.05) is 19.6 Å². The Balaban J connectivity index is 2.44. The van der Waals surface area contributed by atoms with Crippen LogP contribution in [0.4, 0.5) is 0 Å². The Hall–Kier alpha value is 0.260. The van der Waals surface area contributed by atoms with Crippen LogP contribution >= 0.6 is 34.8 Å². The lowest BCUT2D eigenvalue weighted by Gasteiger charge is -2.28. The Morgan fingerprint density at radius 2 is 2.11 bits per heavy atom. The van der Waals surface area contributed by atoms with E-state index < -0.39 is 9.96 Å². The number of nitrogens with one attached hydrogen (secondary N) is 2. The second-order valence-corrected chi connectivity index (χ2v) is 7.55. The van der Waals surface area contributed by atoms with E-state index in [2.05, 4.69) is 10.6 Å². The lowest BCUT2D eigenvalue weighted by Crippen LogP contribution is -2.55. The zero-order chi connectivity index (χ0) is 14.5. The molecular formula is C12H21Cl3N2O2. The van der Waals surface area contributed by atoms with Crippen LogP contribution in [0.2, 0.25) is 0 Å². The smallest absolute Gasteiger partial charge is 0.223 e. The first-order valence-corrected chi connectivity index (χ1v) is 7.63. The first-order valence-electron chi connectivity index (χ1n) is 6.50. The number of amides is 1. The lowest BCUT2D eigenvalue weighted by molar-refractivity contribution is -0.122. The molecule has 1 rings (SSSR count). The number of alkyl halides is 3. The summed E-state index contributed by atoms with van der Waals surface area (Å²) in [5, 5.41) is 5.76. The zero-order valence-corrected chi connectivity index (χ0v) is 13.5. The first-order chi connectivity index (χ1) is 8.79. The summed E-state index contributed by atoms with van der Waals surface area (Å²) in [6.07, 6.45) is 1.84. The van der Waals surface area contributed by atoms with Crippen LogP contribution in [-0.2, 0) is 9.53 Å². The molecule has 0 aliphatic carbocycles. The highest BCUT2D eigenvalue weighted by Gasteiger charge is 2.34. The maximum atomic E-state index is 11.7. The number of rotatable bonds is 6. The van der Waals surface area contributed by atoms with Crippen molar-refractivity contribution in [3.05, 3.63) is 0 Å². The van der Waals surface area contributed by atoms with Crippen LogP contribution in [0, 0.1) is 5.92 Å². The van der Waals surface area contributed by atoms with Gasteiger partial charge in [-0.2, -0.15) is 0 Å². The van der Waals surface area contributed by atoms with Crippen LogP contribution in [0.25, 0.3) is 0 Å². The quantitative estimate of drug-likeness (QED) is 0.581. The fourth-order valence-electron chi connectivity index (χ4n) is 1.89. The Morgan fingerprint density at radius 3 is 2.58 bits per heavy atom. The summed E-state index contributed by atoms with van der Waals surface area (Å²) >= 11 is 17.6. The average molecular weight is 332 g/mol. The maximum absolute atomic E-state index is 11.7.